The summed E-state index contributed by atoms with van der Waals surface area (Å²) in [6.07, 6.45) is 6.63. The number of carbonyl (C=O) groups excluding carboxylic acids is 1. The van der Waals surface area contributed by atoms with Crippen molar-refractivity contribution in [1.29, 1.82) is 0 Å². The molecule has 19 heavy (non-hydrogen) atoms. The lowest BCUT2D eigenvalue weighted by Gasteiger charge is -2.31. The summed E-state index contributed by atoms with van der Waals surface area (Å²) in [5, 5.41) is 0. The maximum atomic E-state index is 11.9. The number of ether oxygens (including phenoxy) is 1. The normalized spacial score (nSPS) is 16.0. The molecule has 2 heterocycles. The van der Waals surface area contributed by atoms with Gasteiger partial charge in [0.1, 0.15) is 12.4 Å². The van der Waals surface area contributed by atoms with E-state index in [-0.39, 0.29) is 12.0 Å². The highest BCUT2D eigenvalue weighted by atomic mass is 16.5. The third-order valence-corrected chi connectivity index (χ3v) is 3.01. The van der Waals surface area contributed by atoms with Crippen molar-refractivity contribution in [3.05, 3.63) is 30.2 Å². The molecule has 1 saturated heterocycles. The van der Waals surface area contributed by atoms with Crippen molar-refractivity contribution >= 4 is 5.91 Å². The van der Waals surface area contributed by atoms with Gasteiger partial charge in [0, 0.05) is 44.3 Å². The number of nitrogens with zero attached hydrogens (tertiary/aromatic N) is 3. The van der Waals surface area contributed by atoms with E-state index in [0.717, 1.165) is 31.5 Å². The van der Waals surface area contributed by atoms with Gasteiger partial charge in [0.2, 0.25) is 11.8 Å². The summed E-state index contributed by atoms with van der Waals surface area (Å²) < 4.78 is 5.76. The molecule has 102 valence electrons. The van der Waals surface area contributed by atoms with E-state index in [0.29, 0.717) is 5.88 Å². The van der Waals surface area contributed by atoms with Gasteiger partial charge in [-0.3, -0.25) is 4.79 Å². The average Bonchev–Trinajstić information content (AvgIpc) is 2.40. The van der Waals surface area contributed by atoms with Gasteiger partial charge < -0.3 is 9.64 Å². The SMILES string of the molecule is CC(C)=CC(=O)N1CCC(Oc2ccncn2)CC1. The second kappa shape index (κ2) is 6.31. The molecule has 1 aromatic heterocycles. The van der Waals surface area contributed by atoms with Crippen LogP contribution in [-0.2, 0) is 4.79 Å². The highest BCUT2D eigenvalue weighted by molar-refractivity contribution is 5.88. The molecule has 0 spiro atoms. The van der Waals surface area contributed by atoms with Gasteiger partial charge >= 0.3 is 0 Å². The molecule has 0 atom stereocenters. The van der Waals surface area contributed by atoms with Crippen molar-refractivity contribution in [2.45, 2.75) is 32.8 Å². The predicted molar refractivity (Wildman–Crippen MR) is 71.7 cm³/mol. The molecule has 0 aromatic carbocycles. The number of allylic oxidation sites excluding steroid dienone is 1. The average molecular weight is 261 g/mol. The summed E-state index contributed by atoms with van der Waals surface area (Å²) in [5.74, 6) is 0.699. The fraction of sp³-hybridized carbons (Fsp3) is 0.500. The number of hydrogen-bond acceptors (Lipinski definition) is 4. The quantitative estimate of drug-likeness (QED) is 0.779. The molecule has 2 rings (SSSR count). The molecule has 1 amide bonds. The van der Waals surface area contributed by atoms with Crippen LogP contribution in [0.4, 0.5) is 0 Å². The van der Waals surface area contributed by atoms with Gasteiger partial charge in [-0.1, -0.05) is 5.57 Å². The maximum Gasteiger partial charge on any atom is 0.246 e. The zero-order valence-corrected chi connectivity index (χ0v) is 11.4. The van der Waals surface area contributed by atoms with E-state index >= 15 is 0 Å². The lowest BCUT2D eigenvalue weighted by Crippen LogP contribution is -2.41. The highest BCUT2D eigenvalue weighted by Gasteiger charge is 2.23. The molecular formula is C14H19N3O2. The van der Waals surface area contributed by atoms with E-state index in [1.165, 1.54) is 6.33 Å². The summed E-state index contributed by atoms with van der Waals surface area (Å²) >= 11 is 0. The van der Waals surface area contributed by atoms with Crippen LogP contribution in [0.3, 0.4) is 0 Å². The molecular weight excluding hydrogens is 242 g/mol. The zero-order chi connectivity index (χ0) is 13.7. The molecule has 0 bridgehead atoms. The summed E-state index contributed by atoms with van der Waals surface area (Å²) in [6, 6.07) is 1.75. The molecule has 1 aliphatic heterocycles. The monoisotopic (exact) mass is 261 g/mol. The minimum Gasteiger partial charge on any atom is -0.474 e. The Hall–Kier alpha value is -1.91. The summed E-state index contributed by atoms with van der Waals surface area (Å²) in [5.41, 5.74) is 1.03. The minimum atomic E-state index is 0.0977. The fourth-order valence-corrected chi connectivity index (χ4v) is 2.05. The molecule has 0 aliphatic carbocycles. The van der Waals surface area contributed by atoms with Crippen LogP contribution < -0.4 is 4.74 Å². The van der Waals surface area contributed by atoms with Crippen LogP contribution in [-0.4, -0.2) is 40.0 Å². The van der Waals surface area contributed by atoms with Crippen LogP contribution in [0, 0.1) is 0 Å². The Balaban J connectivity index is 1.83. The fourth-order valence-electron chi connectivity index (χ4n) is 2.05. The van der Waals surface area contributed by atoms with E-state index < -0.39 is 0 Å². The van der Waals surface area contributed by atoms with Crippen molar-refractivity contribution in [3.8, 4) is 5.88 Å². The molecule has 1 aliphatic rings. The third-order valence-electron chi connectivity index (χ3n) is 3.01. The van der Waals surface area contributed by atoms with E-state index in [1.54, 1.807) is 18.3 Å². The lowest BCUT2D eigenvalue weighted by molar-refractivity contribution is -0.127. The molecule has 0 N–H and O–H groups in total. The Morgan fingerprint density at radius 1 is 1.42 bits per heavy atom. The minimum absolute atomic E-state index is 0.0977. The van der Waals surface area contributed by atoms with Crippen LogP contribution >= 0.6 is 0 Å². The van der Waals surface area contributed by atoms with Gasteiger partial charge in [0.15, 0.2) is 0 Å². The molecule has 1 aromatic rings. The van der Waals surface area contributed by atoms with E-state index in [2.05, 4.69) is 9.97 Å². The molecule has 0 radical (unpaired) electrons. The molecule has 0 saturated carbocycles. The van der Waals surface area contributed by atoms with Gasteiger partial charge in [-0.05, 0) is 13.8 Å². The van der Waals surface area contributed by atoms with E-state index in [9.17, 15) is 4.79 Å². The van der Waals surface area contributed by atoms with Gasteiger partial charge in [0.25, 0.3) is 0 Å². The Labute approximate surface area is 113 Å². The van der Waals surface area contributed by atoms with Crippen LogP contribution in [0.25, 0.3) is 0 Å². The van der Waals surface area contributed by atoms with Crippen LogP contribution in [0.15, 0.2) is 30.2 Å². The Morgan fingerprint density at radius 3 is 2.74 bits per heavy atom. The largest absolute Gasteiger partial charge is 0.474 e. The van der Waals surface area contributed by atoms with E-state index in [1.807, 2.05) is 18.7 Å². The molecule has 1 fully saturated rings. The summed E-state index contributed by atoms with van der Waals surface area (Å²) in [4.78, 5) is 21.6. The highest BCUT2D eigenvalue weighted by Crippen LogP contribution is 2.16. The van der Waals surface area contributed by atoms with Crippen molar-refractivity contribution in [2.24, 2.45) is 0 Å². The van der Waals surface area contributed by atoms with Crippen molar-refractivity contribution in [1.82, 2.24) is 14.9 Å². The van der Waals surface area contributed by atoms with Gasteiger partial charge in [-0.25, -0.2) is 9.97 Å². The lowest BCUT2D eigenvalue weighted by atomic mass is 10.1. The second-order valence-electron chi connectivity index (χ2n) is 4.91. The first-order chi connectivity index (χ1) is 9.15. The first kappa shape index (κ1) is 13.5. The Bertz CT molecular complexity index is 447. The first-order valence-electron chi connectivity index (χ1n) is 6.51. The summed E-state index contributed by atoms with van der Waals surface area (Å²) in [6.45, 7) is 5.34. The molecule has 5 nitrogen and oxygen atoms in total. The van der Waals surface area contributed by atoms with Crippen LogP contribution in [0.2, 0.25) is 0 Å². The number of amides is 1. The van der Waals surface area contributed by atoms with Gasteiger partial charge in [-0.15, -0.1) is 0 Å². The number of likely N-dealkylation sites (tertiary alicyclic amines) is 1. The number of aromatic nitrogens is 2. The third kappa shape index (κ3) is 4.05. The van der Waals surface area contributed by atoms with Crippen molar-refractivity contribution < 1.29 is 9.53 Å². The Morgan fingerprint density at radius 2 is 2.16 bits per heavy atom. The second-order valence-corrected chi connectivity index (χ2v) is 4.91. The Kier molecular flexibility index (Phi) is 4.49. The topological polar surface area (TPSA) is 55.3 Å². The van der Waals surface area contributed by atoms with Gasteiger partial charge in [0.05, 0.1) is 0 Å². The predicted octanol–water partition coefficient (Wildman–Crippen LogP) is 1.81. The number of rotatable bonds is 3. The number of piperidine rings is 1. The smallest absolute Gasteiger partial charge is 0.246 e. The molecule has 5 heteroatoms. The van der Waals surface area contributed by atoms with Crippen LogP contribution in [0.5, 0.6) is 5.88 Å². The first-order valence-corrected chi connectivity index (χ1v) is 6.51. The zero-order valence-electron chi connectivity index (χ0n) is 11.4. The standard InChI is InChI=1S/C14H19N3O2/c1-11(2)9-14(18)17-7-4-12(5-8-17)19-13-3-6-15-10-16-13/h3,6,9-10,12H,4-5,7-8H2,1-2H3. The van der Waals surface area contributed by atoms with Crippen molar-refractivity contribution in [2.75, 3.05) is 13.1 Å². The maximum absolute atomic E-state index is 11.9. The van der Waals surface area contributed by atoms with E-state index in [4.69, 9.17) is 4.74 Å². The van der Waals surface area contributed by atoms with Crippen molar-refractivity contribution in [3.63, 3.8) is 0 Å². The number of carbonyl (C=O) groups is 1. The van der Waals surface area contributed by atoms with Gasteiger partial charge in [-0.2, -0.15) is 0 Å². The number of hydrogen-bond donors (Lipinski definition) is 0. The van der Waals surface area contributed by atoms with Crippen LogP contribution in [0.1, 0.15) is 26.7 Å². The summed E-state index contributed by atoms with van der Waals surface area (Å²) in [7, 11) is 0. The molecule has 0 unspecified atom stereocenters.